The van der Waals surface area contributed by atoms with E-state index >= 15 is 0 Å². The van der Waals surface area contributed by atoms with Crippen LogP contribution in [0.5, 0.6) is 5.75 Å². The minimum atomic E-state index is -0.360. The van der Waals surface area contributed by atoms with Crippen LogP contribution in [0.4, 0.5) is 10.1 Å². The van der Waals surface area contributed by atoms with Gasteiger partial charge in [-0.2, -0.15) is 0 Å². The van der Waals surface area contributed by atoms with Gasteiger partial charge in [-0.05, 0) is 18.6 Å². The minimum absolute atomic E-state index is 0.275. The van der Waals surface area contributed by atoms with Crippen molar-refractivity contribution in [1.82, 2.24) is 0 Å². The van der Waals surface area contributed by atoms with Crippen molar-refractivity contribution in [3.63, 3.8) is 0 Å². The number of carbonyl (C=O) groups is 1. The molecule has 1 aliphatic heterocycles. The first-order valence-electron chi connectivity index (χ1n) is 5.35. The molecule has 1 saturated heterocycles. The second-order valence-corrected chi connectivity index (χ2v) is 3.84. The molecule has 17 heavy (non-hydrogen) atoms. The molecule has 0 aliphatic carbocycles. The van der Waals surface area contributed by atoms with Crippen LogP contribution >= 0.6 is 0 Å². The minimum Gasteiger partial charge on any atom is -0.494 e. The fraction of sp³-hybridized carbons (Fsp3) is 0.417. The SMILES string of the molecule is COC(=O)C1CCN1c1ccc(F)cc1OC. The Kier molecular flexibility index (Phi) is 3.17. The van der Waals surface area contributed by atoms with Crippen LogP contribution in [0.3, 0.4) is 0 Å². The van der Waals surface area contributed by atoms with Crippen LogP contribution in [0.15, 0.2) is 18.2 Å². The lowest BCUT2D eigenvalue weighted by Gasteiger charge is -2.41. The zero-order valence-electron chi connectivity index (χ0n) is 9.77. The van der Waals surface area contributed by atoms with E-state index in [1.54, 1.807) is 6.07 Å². The maximum Gasteiger partial charge on any atom is 0.328 e. The van der Waals surface area contributed by atoms with E-state index in [2.05, 4.69) is 0 Å². The quantitative estimate of drug-likeness (QED) is 0.751. The van der Waals surface area contributed by atoms with Crippen LogP contribution in [-0.4, -0.2) is 32.8 Å². The number of benzene rings is 1. The number of hydrogen-bond acceptors (Lipinski definition) is 4. The van der Waals surface area contributed by atoms with Gasteiger partial charge in [-0.1, -0.05) is 0 Å². The Bertz CT molecular complexity index is 436. The number of carbonyl (C=O) groups excluding carboxylic acids is 1. The van der Waals surface area contributed by atoms with Crippen molar-refractivity contribution in [2.24, 2.45) is 0 Å². The number of hydrogen-bond donors (Lipinski definition) is 0. The number of esters is 1. The van der Waals surface area contributed by atoms with E-state index in [1.165, 1.54) is 26.4 Å². The van der Waals surface area contributed by atoms with Crippen molar-refractivity contribution >= 4 is 11.7 Å². The Morgan fingerprint density at radius 3 is 2.76 bits per heavy atom. The molecule has 1 unspecified atom stereocenters. The average molecular weight is 239 g/mol. The summed E-state index contributed by atoms with van der Waals surface area (Å²) in [6.45, 7) is 0.738. The average Bonchev–Trinajstić information content (AvgIpc) is 2.29. The van der Waals surface area contributed by atoms with Gasteiger partial charge in [0.25, 0.3) is 0 Å². The third-order valence-corrected chi connectivity index (χ3v) is 2.94. The number of anilines is 1. The summed E-state index contributed by atoms with van der Waals surface area (Å²) in [4.78, 5) is 13.3. The molecule has 1 aromatic rings. The van der Waals surface area contributed by atoms with Crippen molar-refractivity contribution in [3.05, 3.63) is 24.0 Å². The first kappa shape index (κ1) is 11.7. The largest absolute Gasteiger partial charge is 0.494 e. The summed E-state index contributed by atoms with van der Waals surface area (Å²) in [5.41, 5.74) is 0.718. The lowest BCUT2D eigenvalue weighted by Crippen LogP contribution is -2.53. The summed E-state index contributed by atoms with van der Waals surface area (Å²) in [5, 5.41) is 0. The van der Waals surface area contributed by atoms with Gasteiger partial charge in [-0.15, -0.1) is 0 Å². The number of ether oxygens (including phenoxy) is 2. The predicted molar refractivity (Wildman–Crippen MR) is 60.7 cm³/mol. The number of rotatable bonds is 3. The highest BCUT2D eigenvalue weighted by molar-refractivity contribution is 5.83. The molecule has 0 N–H and O–H groups in total. The second-order valence-electron chi connectivity index (χ2n) is 3.84. The molecule has 0 amide bonds. The van der Waals surface area contributed by atoms with Crippen LogP contribution in [0.2, 0.25) is 0 Å². The Labute approximate surface area is 98.9 Å². The first-order valence-corrected chi connectivity index (χ1v) is 5.35. The summed E-state index contributed by atoms with van der Waals surface area (Å²) in [5.74, 6) is -0.207. The van der Waals surface area contributed by atoms with E-state index in [4.69, 9.17) is 9.47 Å². The predicted octanol–water partition coefficient (Wildman–Crippen LogP) is 1.59. The molecule has 92 valence electrons. The summed E-state index contributed by atoms with van der Waals surface area (Å²) in [7, 11) is 2.84. The molecule has 0 saturated carbocycles. The normalized spacial score (nSPS) is 18.5. The zero-order chi connectivity index (χ0) is 12.4. The van der Waals surface area contributed by atoms with Crippen LogP contribution in [-0.2, 0) is 9.53 Å². The van der Waals surface area contributed by atoms with E-state index in [9.17, 15) is 9.18 Å². The van der Waals surface area contributed by atoms with Gasteiger partial charge in [-0.25, -0.2) is 9.18 Å². The van der Waals surface area contributed by atoms with Crippen molar-refractivity contribution in [3.8, 4) is 5.75 Å². The molecule has 1 aliphatic rings. The summed E-state index contributed by atoms with van der Waals surface area (Å²) in [6, 6.07) is 3.98. The Hall–Kier alpha value is -1.78. The molecule has 0 bridgehead atoms. The molecule has 0 radical (unpaired) electrons. The van der Waals surface area contributed by atoms with Gasteiger partial charge in [0.15, 0.2) is 0 Å². The van der Waals surface area contributed by atoms with Crippen LogP contribution in [0.25, 0.3) is 0 Å². The van der Waals surface area contributed by atoms with E-state index in [1.807, 2.05) is 4.90 Å². The Morgan fingerprint density at radius 2 is 2.24 bits per heavy atom. The zero-order valence-corrected chi connectivity index (χ0v) is 9.77. The van der Waals surface area contributed by atoms with Crippen LogP contribution in [0, 0.1) is 5.82 Å². The maximum atomic E-state index is 13.1. The third-order valence-electron chi connectivity index (χ3n) is 2.94. The topological polar surface area (TPSA) is 38.8 Å². The van der Waals surface area contributed by atoms with Gasteiger partial charge in [0.2, 0.25) is 0 Å². The number of nitrogens with zero attached hydrogens (tertiary/aromatic N) is 1. The fourth-order valence-corrected chi connectivity index (χ4v) is 1.95. The molecule has 2 rings (SSSR count). The summed E-state index contributed by atoms with van der Waals surface area (Å²) < 4.78 is 22.9. The molecule has 1 fully saturated rings. The van der Waals surface area contributed by atoms with Gasteiger partial charge in [-0.3, -0.25) is 0 Å². The molecule has 1 aromatic carbocycles. The smallest absolute Gasteiger partial charge is 0.328 e. The summed E-state index contributed by atoms with van der Waals surface area (Å²) >= 11 is 0. The molecule has 0 spiro atoms. The molecular formula is C12H14FNO3. The lowest BCUT2D eigenvalue weighted by molar-refractivity contribution is -0.143. The number of halogens is 1. The molecule has 4 nitrogen and oxygen atoms in total. The van der Waals surface area contributed by atoms with E-state index in [0.29, 0.717) is 5.75 Å². The first-order chi connectivity index (χ1) is 8.17. The standard InChI is InChI=1S/C12H14FNO3/c1-16-11-7-8(13)3-4-9(11)14-6-5-10(14)12(15)17-2/h3-4,7,10H,5-6H2,1-2H3. The molecule has 1 heterocycles. The van der Waals surface area contributed by atoms with Gasteiger partial charge in [0.1, 0.15) is 17.6 Å². The monoisotopic (exact) mass is 239 g/mol. The lowest BCUT2D eigenvalue weighted by atomic mass is 10.0. The van der Waals surface area contributed by atoms with Crippen molar-refractivity contribution < 1.29 is 18.7 Å². The molecule has 5 heteroatoms. The van der Waals surface area contributed by atoms with Crippen LogP contribution < -0.4 is 9.64 Å². The molecule has 1 atom stereocenters. The van der Waals surface area contributed by atoms with Crippen molar-refractivity contribution in [1.29, 1.82) is 0 Å². The second kappa shape index (κ2) is 4.61. The van der Waals surface area contributed by atoms with E-state index in [-0.39, 0.29) is 17.8 Å². The molecule has 0 aromatic heterocycles. The van der Waals surface area contributed by atoms with Gasteiger partial charge < -0.3 is 14.4 Å². The van der Waals surface area contributed by atoms with Crippen molar-refractivity contribution in [2.45, 2.75) is 12.5 Å². The molecular weight excluding hydrogens is 225 g/mol. The highest BCUT2D eigenvalue weighted by Crippen LogP contribution is 2.35. The van der Waals surface area contributed by atoms with Gasteiger partial charge in [0.05, 0.1) is 19.9 Å². The summed E-state index contributed by atoms with van der Waals surface area (Å²) in [6.07, 6.45) is 0.743. The maximum absolute atomic E-state index is 13.1. The fourth-order valence-electron chi connectivity index (χ4n) is 1.95. The highest BCUT2D eigenvalue weighted by Gasteiger charge is 2.36. The number of methoxy groups -OCH3 is 2. The van der Waals surface area contributed by atoms with E-state index in [0.717, 1.165) is 18.7 Å². The van der Waals surface area contributed by atoms with Crippen LogP contribution in [0.1, 0.15) is 6.42 Å². The Morgan fingerprint density at radius 1 is 1.47 bits per heavy atom. The van der Waals surface area contributed by atoms with Gasteiger partial charge in [0, 0.05) is 12.6 Å². The van der Waals surface area contributed by atoms with Crippen molar-refractivity contribution in [2.75, 3.05) is 25.7 Å². The Balaban J connectivity index is 2.25. The van der Waals surface area contributed by atoms with Gasteiger partial charge >= 0.3 is 5.97 Å². The van der Waals surface area contributed by atoms with E-state index < -0.39 is 0 Å². The third kappa shape index (κ3) is 2.05. The highest BCUT2D eigenvalue weighted by atomic mass is 19.1.